The number of phenols is 1. The van der Waals surface area contributed by atoms with Gasteiger partial charge < -0.3 is 5.11 Å². The Hall–Kier alpha value is -1.44. The van der Waals surface area contributed by atoms with Gasteiger partial charge in [-0.1, -0.05) is 27.5 Å². The number of hydrogen-bond acceptors (Lipinski definition) is 4. The van der Waals surface area contributed by atoms with Crippen molar-refractivity contribution in [2.24, 2.45) is 5.10 Å². The Labute approximate surface area is 142 Å². The molecule has 0 saturated heterocycles. The first kappa shape index (κ1) is 15.9. The third kappa shape index (κ3) is 4.26. The molecule has 0 fully saturated rings. The van der Waals surface area contributed by atoms with E-state index in [-0.39, 0.29) is 5.75 Å². The maximum atomic E-state index is 11.8. The summed E-state index contributed by atoms with van der Waals surface area (Å²) in [4.78, 5) is 15.6. The number of phenolic OH excluding ortho intramolecular Hbond substituents is 1. The number of nitrogens with zero attached hydrogens (tertiary/aromatic N) is 2. The highest BCUT2D eigenvalue weighted by Crippen LogP contribution is 2.30. The molecule has 1 amide bonds. The highest BCUT2D eigenvalue weighted by atomic mass is 79.9. The molecule has 0 atom stereocenters. The molecule has 0 radical (unpaired) electrons. The molecule has 21 heavy (non-hydrogen) atoms. The molecular weight excluding hydrogens is 425 g/mol. The van der Waals surface area contributed by atoms with Gasteiger partial charge in [0.05, 0.1) is 16.3 Å². The number of benzene rings is 1. The number of aromatic hydroxyl groups is 1. The van der Waals surface area contributed by atoms with Gasteiger partial charge in [0.15, 0.2) is 0 Å². The minimum Gasteiger partial charge on any atom is -0.506 e. The van der Waals surface area contributed by atoms with E-state index in [2.05, 4.69) is 47.4 Å². The molecular formula is C13H8Br2ClN3O2. The number of carbonyl (C=O) groups is 1. The van der Waals surface area contributed by atoms with Crippen LogP contribution in [0.15, 0.2) is 44.5 Å². The summed E-state index contributed by atoms with van der Waals surface area (Å²) < 4.78 is 1.29. The van der Waals surface area contributed by atoms with Crippen LogP contribution in [0.4, 0.5) is 0 Å². The normalized spacial score (nSPS) is 10.8. The topological polar surface area (TPSA) is 74.6 Å². The summed E-state index contributed by atoms with van der Waals surface area (Å²) in [7, 11) is 0. The Morgan fingerprint density at radius 2 is 2.14 bits per heavy atom. The fraction of sp³-hybridized carbons (Fsp3) is 0. The summed E-state index contributed by atoms with van der Waals surface area (Å²) in [5.74, 6) is -0.395. The summed E-state index contributed by atoms with van der Waals surface area (Å²) in [6, 6.07) is 6.41. The smallest absolute Gasteiger partial charge is 0.272 e. The number of rotatable bonds is 3. The van der Waals surface area contributed by atoms with Crippen molar-refractivity contribution in [3.8, 4) is 5.75 Å². The molecule has 0 bridgehead atoms. The quantitative estimate of drug-likeness (QED) is 0.440. The van der Waals surface area contributed by atoms with Crippen LogP contribution in [0.25, 0.3) is 0 Å². The molecule has 5 nitrogen and oxygen atoms in total. The van der Waals surface area contributed by atoms with Crippen LogP contribution >= 0.6 is 43.5 Å². The number of amides is 1. The van der Waals surface area contributed by atoms with E-state index >= 15 is 0 Å². The van der Waals surface area contributed by atoms with Crippen LogP contribution in [0.1, 0.15) is 15.9 Å². The minimum atomic E-state index is -0.427. The molecule has 1 aromatic heterocycles. The van der Waals surface area contributed by atoms with Crippen molar-refractivity contribution in [1.29, 1.82) is 0 Å². The van der Waals surface area contributed by atoms with Crippen molar-refractivity contribution in [3.63, 3.8) is 0 Å². The van der Waals surface area contributed by atoms with Gasteiger partial charge in [-0.15, -0.1) is 0 Å². The van der Waals surface area contributed by atoms with E-state index in [9.17, 15) is 9.90 Å². The lowest BCUT2D eigenvalue weighted by Gasteiger charge is -2.03. The molecule has 0 saturated carbocycles. The van der Waals surface area contributed by atoms with Gasteiger partial charge in [0.2, 0.25) is 0 Å². The number of pyridine rings is 1. The minimum absolute atomic E-state index is 0.0318. The van der Waals surface area contributed by atoms with Crippen LogP contribution in [0.5, 0.6) is 5.75 Å². The van der Waals surface area contributed by atoms with E-state index < -0.39 is 5.91 Å². The highest BCUT2D eigenvalue weighted by molar-refractivity contribution is 9.11. The van der Waals surface area contributed by atoms with Crippen LogP contribution in [-0.2, 0) is 0 Å². The van der Waals surface area contributed by atoms with Crippen molar-refractivity contribution in [1.82, 2.24) is 10.4 Å². The van der Waals surface area contributed by atoms with E-state index in [1.807, 2.05) is 0 Å². The van der Waals surface area contributed by atoms with E-state index in [1.165, 1.54) is 24.5 Å². The zero-order valence-corrected chi connectivity index (χ0v) is 14.3. The Morgan fingerprint density at radius 3 is 2.81 bits per heavy atom. The summed E-state index contributed by atoms with van der Waals surface area (Å²) >= 11 is 12.2. The van der Waals surface area contributed by atoms with Gasteiger partial charge in [0, 0.05) is 16.2 Å². The number of hydrazone groups is 1. The van der Waals surface area contributed by atoms with E-state index in [0.29, 0.717) is 20.8 Å². The van der Waals surface area contributed by atoms with Crippen molar-refractivity contribution in [2.75, 3.05) is 0 Å². The molecule has 108 valence electrons. The first-order chi connectivity index (χ1) is 9.97. The Bertz CT molecular complexity index is 705. The number of carbonyl (C=O) groups excluding carboxylic acids is 1. The highest BCUT2D eigenvalue weighted by Gasteiger charge is 2.07. The predicted octanol–water partition coefficient (Wildman–Crippen LogP) is 3.73. The Kier molecular flexibility index (Phi) is 5.33. The maximum Gasteiger partial charge on any atom is 0.272 e. The molecule has 0 aliphatic carbocycles. The average molecular weight is 433 g/mol. The number of nitrogens with one attached hydrogen (secondary N) is 1. The first-order valence-corrected chi connectivity index (χ1v) is 7.56. The fourth-order valence-corrected chi connectivity index (χ4v) is 2.79. The molecule has 8 heteroatoms. The first-order valence-electron chi connectivity index (χ1n) is 5.60. The maximum absolute atomic E-state index is 11.8. The summed E-state index contributed by atoms with van der Waals surface area (Å²) in [5, 5.41) is 13.9. The third-order valence-electron chi connectivity index (χ3n) is 2.42. The lowest BCUT2D eigenvalue weighted by Crippen LogP contribution is -2.17. The van der Waals surface area contributed by atoms with Gasteiger partial charge in [-0.05, 0) is 40.2 Å². The van der Waals surface area contributed by atoms with Gasteiger partial charge in [-0.3, -0.25) is 4.79 Å². The van der Waals surface area contributed by atoms with Crippen LogP contribution in [0, 0.1) is 0 Å². The van der Waals surface area contributed by atoms with Gasteiger partial charge in [0.1, 0.15) is 10.9 Å². The van der Waals surface area contributed by atoms with Crippen LogP contribution in [0.3, 0.4) is 0 Å². The van der Waals surface area contributed by atoms with Gasteiger partial charge in [0.25, 0.3) is 5.91 Å². The molecule has 0 unspecified atom stereocenters. The summed E-state index contributed by atoms with van der Waals surface area (Å²) in [6.07, 6.45) is 2.69. The van der Waals surface area contributed by atoms with Crippen LogP contribution < -0.4 is 5.43 Å². The molecule has 1 aromatic carbocycles. The van der Waals surface area contributed by atoms with Gasteiger partial charge in [-0.25, -0.2) is 10.4 Å². The summed E-state index contributed by atoms with van der Waals surface area (Å²) in [6.45, 7) is 0. The Balaban J connectivity index is 2.09. The molecule has 2 rings (SSSR count). The number of aromatic nitrogens is 1. The molecule has 2 N–H and O–H groups in total. The molecule has 2 aromatic rings. The van der Waals surface area contributed by atoms with Gasteiger partial charge in [-0.2, -0.15) is 5.10 Å². The van der Waals surface area contributed by atoms with Crippen molar-refractivity contribution >= 4 is 55.6 Å². The monoisotopic (exact) mass is 431 g/mol. The lowest BCUT2D eigenvalue weighted by molar-refractivity contribution is 0.0955. The zero-order chi connectivity index (χ0) is 15.4. The second-order valence-electron chi connectivity index (χ2n) is 3.89. The van der Waals surface area contributed by atoms with E-state index in [1.54, 1.807) is 12.1 Å². The molecule has 1 heterocycles. The fourth-order valence-electron chi connectivity index (χ4n) is 1.42. The molecule has 0 aliphatic heterocycles. The average Bonchev–Trinajstić information content (AvgIpc) is 2.44. The largest absolute Gasteiger partial charge is 0.506 e. The van der Waals surface area contributed by atoms with Gasteiger partial charge >= 0.3 is 0 Å². The third-order valence-corrected chi connectivity index (χ3v) is 3.70. The lowest BCUT2D eigenvalue weighted by atomic mass is 10.2. The standard InChI is InChI=1S/C13H8Br2ClN3O2/c14-9-3-8(12(20)10(15)4-9)6-18-19-13(21)7-1-2-11(16)17-5-7/h1-6,20H,(H,19,21)/b18-6+. The SMILES string of the molecule is O=C(N/N=C/c1cc(Br)cc(Br)c1O)c1ccc(Cl)nc1. The van der Waals surface area contributed by atoms with E-state index in [0.717, 1.165) is 4.47 Å². The Morgan fingerprint density at radius 1 is 1.38 bits per heavy atom. The zero-order valence-electron chi connectivity index (χ0n) is 10.3. The second kappa shape index (κ2) is 7.02. The number of halogens is 3. The van der Waals surface area contributed by atoms with E-state index in [4.69, 9.17) is 11.6 Å². The van der Waals surface area contributed by atoms with Crippen LogP contribution in [0.2, 0.25) is 5.15 Å². The van der Waals surface area contributed by atoms with Crippen molar-refractivity contribution in [3.05, 3.63) is 55.7 Å². The number of hydrogen-bond donors (Lipinski definition) is 2. The predicted molar refractivity (Wildman–Crippen MR) is 87.8 cm³/mol. The second-order valence-corrected chi connectivity index (χ2v) is 6.05. The molecule has 0 aliphatic rings. The summed E-state index contributed by atoms with van der Waals surface area (Å²) in [5.41, 5.74) is 3.12. The van der Waals surface area contributed by atoms with Crippen molar-refractivity contribution < 1.29 is 9.90 Å². The van der Waals surface area contributed by atoms with Crippen molar-refractivity contribution in [2.45, 2.75) is 0 Å². The molecule has 0 spiro atoms. The van der Waals surface area contributed by atoms with Crippen LogP contribution in [-0.4, -0.2) is 22.2 Å².